The number of para-hydroxylation sites is 1. The van der Waals surface area contributed by atoms with Crippen LogP contribution < -0.4 is 15.4 Å². The van der Waals surface area contributed by atoms with Crippen molar-refractivity contribution in [1.82, 2.24) is 5.32 Å². The van der Waals surface area contributed by atoms with Gasteiger partial charge in [0.1, 0.15) is 5.75 Å². The molecule has 0 heterocycles. The second-order valence-electron chi connectivity index (χ2n) is 6.31. The van der Waals surface area contributed by atoms with Gasteiger partial charge in [-0.25, -0.2) is 0 Å². The number of carbonyl (C=O) groups is 2. The predicted molar refractivity (Wildman–Crippen MR) is 109 cm³/mol. The smallest absolute Gasteiger partial charge is 0.265 e. The van der Waals surface area contributed by atoms with Crippen LogP contribution in [0, 0.1) is 0 Å². The predicted octanol–water partition coefficient (Wildman–Crippen LogP) is 4.02. The Morgan fingerprint density at radius 3 is 2.29 bits per heavy atom. The maximum atomic E-state index is 12.4. The Labute approximate surface area is 164 Å². The summed E-state index contributed by atoms with van der Waals surface area (Å²) in [4.78, 5) is 24.8. The van der Waals surface area contributed by atoms with Crippen molar-refractivity contribution in [2.75, 3.05) is 5.32 Å². The van der Waals surface area contributed by atoms with E-state index in [2.05, 4.69) is 10.6 Å². The molecule has 3 rings (SSSR count). The third-order valence-corrected chi connectivity index (χ3v) is 4.11. The largest absolute Gasteiger partial charge is 0.481 e. The second kappa shape index (κ2) is 9.37. The van der Waals surface area contributed by atoms with Crippen LogP contribution >= 0.6 is 0 Å². The van der Waals surface area contributed by atoms with E-state index in [9.17, 15) is 9.59 Å². The van der Waals surface area contributed by atoms with Crippen molar-refractivity contribution in [1.29, 1.82) is 0 Å². The van der Waals surface area contributed by atoms with Crippen molar-refractivity contribution in [2.45, 2.75) is 19.6 Å². The van der Waals surface area contributed by atoms with Gasteiger partial charge in [0.05, 0.1) is 0 Å². The minimum absolute atomic E-state index is 0.200. The van der Waals surface area contributed by atoms with Crippen molar-refractivity contribution in [3.63, 3.8) is 0 Å². The molecule has 0 saturated heterocycles. The molecule has 5 heteroatoms. The number of hydrogen-bond acceptors (Lipinski definition) is 3. The molecule has 0 aliphatic heterocycles. The van der Waals surface area contributed by atoms with Crippen molar-refractivity contribution < 1.29 is 14.3 Å². The fraction of sp³-hybridized carbons (Fsp3) is 0.130. The van der Waals surface area contributed by atoms with Gasteiger partial charge in [-0.3, -0.25) is 9.59 Å². The van der Waals surface area contributed by atoms with Gasteiger partial charge in [-0.1, -0.05) is 54.6 Å². The van der Waals surface area contributed by atoms with E-state index in [0.717, 1.165) is 5.56 Å². The molecule has 2 N–H and O–H groups in total. The molecule has 0 radical (unpaired) electrons. The van der Waals surface area contributed by atoms with E-state index in [1.54, 1.807) is 43.3 Å². The first-order valence-corrected chi connectivity index (χ1v) is 9.06. The highest BCUT2D eigenvalue weighted by atomic mass is 16.5. The molecule has 0 aliphatic carbocycles. The third kappa shape index (κ3) is 5.45. The highest BCUT2D eigenvalue weighted by molar-refractivity contribution is 5.98. The van der Waals surface area contributed by atoms with Gasteiger partial charge in [-0.15, -0.1) is 0 Å². The van der Waals surface area contributed by atoms with E-state index in [4.69, 9.17) is 4.74 Å². The normalized spacial score (nSPS) is 11.3. The zero-order chi connectivity index (χ0) is 19.8. The summed E-state index contributed by atoms with van der Waals surface area (Å²) >= 11 is 0. The summed E-state index contributed by atoms with van der Waals surface area (Å²) in [6, 6.07) is 25.7. The molecular formula is C23H22N2O3. The highest BCUT2D eigenvalue weighted by Gasteiger charge is 2.15. The Kier molecular flexibility index (Phi) is 6.41. The van der Waals surface area contributed by atoms with Crippen molar-refractivity contribution in [3.05, 3.63) is 96.1 Å². The maximum absolute atomic E-state index is 12.4. The number of anilines is 1. The average Bonchev–Trinajstić information content (AvgIpc) is 2.73. The van der Waals surface area contributed by atoms with Crippen molar-refractivity contribution in [2.24, 2.45) is 0 Å². The van der Waals surface area contributed by atoms with Gasteiger partial charge in [0.25, 0.3) is 11.8 Å². The number of amides is 2. The van der Waals surface area contributed by atoms with Gasteiger partial charge in [0, 0.05) is 17.8 Å². The van der Waals surface area contributed by atoms with E-state index in [1.807, 2.05) is 48.5 Å². The summed E-state index contributed by atoms with van der Waals surface area (Å²) in [6.45, 7) is 2.12. The number of benzene rings is 3. The lowest BCUT2D eigenvalue weighted by Crippen LogP contribution is -2.30. The fourth-order valence-corrected chi connectivity index (χ4v) is 2.62. The SMILES string of the molecule is CC(Oc1ccccc1)C(=O)Nc1cccc(C(=O)NCc2ccccc2)c1. The Balaban J connectivity index is 1.57. The molecule has 0 bridgehead atoms. The van der Waals surface area contributed by atoms with Crippen LogP contribution in [0.3, 0.4) is 0 Å². The summed E-state index contributed by atoms with van der Waals surface area (Å²) < 4.78 is 5.62. The average molecular weight is 374 g/mol. The summed E-state index contributed by atoms with van der Waals surface area (Å²) in [5.41, 5.74) is 2.04. The molecule has 1 unspecified atom stereocenters. The molecule has 5 nitrogen and oxygen atoms in total. The first-order valence-electron chi connectivity index (χ1n) is 9.06. The number of hydrogen-bond donors (Lipinski definition) is 2. The molecule has 3 aromatic carbocycles. The minimum Gasteiger partial charge on any atom is -0.481 e. The van der Waals surface area contributed by atoms with Crippen molar-refractivity contribution >= 4 is 17.5 Å². The lowest BCUT2D eigenvalue weighted by molar-refractivity contribution is -0.122. The Hall–Kier alpha value is -3.60. The van der Waals surface area contributed by atoms with Crippen LogP contribution in [0.5, 0.6) is 5.75 Å². The van der Waals surface area contributed by atoms with E-state index in [-0.39, 0.29) is 11.8 Å². The van der Waals surface area contributed by atoms with Crippen LogP contribution in [-0.2, 0) is 11.3 Å². The monoisotopic (exact) mass is 374 g/mol. The summed E-state index contributed by atoms with van der Waals surface area (Å²) in [7, 11) is 0. The quantitative estimate of drug-likeness (QED) is 0.656. The van der Waals surface area contributed by atoms with Crippen molar-refractivity contribution in [3.8, 4) is 5.75 Å². The Bertz CT molecular complexity index is 927. The van der Waals surface area contributed by atoms with Crippen LogP contribution in [0.1, 0.15) is 22.8 Å². The van der Waals surface area contributed by atoms with Crippen LogP contribution in [-0.4, -0.2) is 17.9 Å². The number of nitrogens with one attached hydrogen (secondary N) is 2. The topological polar surface area (TPSA) is 67.4 Å². The standard InChI is InChI=1S/C23H22N2O3/c1-17(28-21-13-6-3-7-14-21)22(26)25-20-12-8-11-19(15-20)23(27)24-16-18-9-4-2-5-10-18/h2-15,17H,16H2,1H3,(H,24,27)(H,25,26). The van der Waals surface area contributed by atoms with Gasteiger partial charge in [-0.05, 0) is 42.8 Å². The molecule has 1 atom stereocenters. The van der Waals surface area contributed by atoms with E-state index in [0.29, 0.717) is 23.5 Å². The van der Waals surface area contributed by atoms with Crippen LogP contribution in [0.15, 0.2) is 84.9 Å². The molecule has 0 aliphatic rings. The van der Waals surface area contributed by atoms with Gasteiger partial charge in [-0.2, -0.15) is 0 Å². The van der Waals surface area contributed by atoms with Gasteiger partial charge in [0.2, 0.25) is 0 Å². The molecule has 142 valence electrons. The summed E-state index contributed by atoms with van der Waals surface area (Å²) in [5, 5.41) is 5.66. The lowest BCUT2D eigenvalue weighted by Gasteiger charge is -2.15. The lowest BCUT2D eigenvalue weighted by atomic mass is 10.1. The molecule has 2 amide bonds. The second-order valence-corrected chi connectivity index (χ2v) is 6.31. The molecule has 28 heavy (non-hydrogen) atoms. The van der Waals surface area contributed by atoms with Crippen LogP contribution in [0.2, 0.25) is 0 Å². The Morgan fingerprint density at radius 1 is 0.893 bits per heavy atom. The molecule has 3 aromatic rings. The first kappa shape index (κ1) is 19.2. The zero-order valence-electron chi connectivity index (χ0n) is 15.6. The molecule has 0 spiro atoms. The molecular weight excluding hydrogens is 352 g/mol. The first-order chi connectivity index (χ1) is 13.6. The maximum Gasteiger partial charge on any atom is 0.265 e. The third-order valence-electron chi connectivity index (χ3n) is 4.11. The highest BCUT2D eigenvalue weighted by Crippen LogP contribution is 2.14. The van der Waals surface area contributed by atoms with Gasteiger partial charge < -0.3 is 15.4 Å². The van der Waals surface area contributed by atoms with E-state index in [1.165, 1.54) is 0 Å². The van der Waals surface area contributed by atoms with Gasteiger partial charge >= 0.3 is 0 Å². The summed E-state index contributed by atoms with van der Waals surface area (Å²) in [6.07, 6.45) is -0.669. The van der Waals surface area contributed by atoms with Crippen LogP contribution in [0.25, 0.3) is 0 Å². The number of rotatable bonds is 7. The molecule has 0 aromatic heterocycles. The zero-order valence-corrected chi connectivity index (χ0v) is 15.6. The van der Waals surface area contributed by atoms with Gasteiger partial charge in [0.15, 0.2) is 6.10 Å². The fourth-order valence-electron chi connectivity index (χ4n) is 2.62. The number of ether oxygens (including phenoxy) is 1. The molecule has 0 saturated carbocycles. The van der Waals surface area contributed by atoms with E-state index >= 15 is 0 Å². The van der Waals surface area contributed by atoms with Crippen LogP contribution in [0.4, 0.5) is 5.69 Å². The minimum atomic E-state index is -0.669. The number of carbonyl (C=O) groups excluding carboxylic acids is 2. The molecule has 0 fully saturated rings. The van der Waals surface area contributed by atoms with E-state index < -0.39 is 6.10 Å². The Morgan fingerprint density at radius 2 is 1.57 bits per heavy atom. The summed E-state index contributed by atoms with van der Waals surface area (Å²) in [5.74, 6) is 0.137.